The molecule has 6 heteroatoms. The molecule has 1 aromatic heterocycles. The molecule has 20 heavy (non-hydrogen) atoms. The molecule has 1 fully saturated rings. The molecule has 1 aliphatic carbocycles. The molecule has 0 aromatic carbocycles. The van der Waals surface area contributed by atoms with Gasteiger partial charge in [0.2, 0.25) is 0 Å². The first-order valence-corrected chi connectivity index (χ1v) is 8.52. The molecular weight excluding hydrogens is 272 g/mol. The summed E-state index contributed by atoms with van der Waals surface area (Å²) in [6, 6.07) is 0.314. The van der Waals surface area contributed by atoms with E-state index in [0.29, 0.717) is 17.8 Å². The summed E-state index contributed by atoms with van der Waals surface area (Å²) in [7, 11) is 0. The molecule has 2 N–H and O–H groups in total. The second kappa shape index (κ2) is 7.57. The van der Waals surface area contributed by atoms with Gasteiger partial charge in [-0.05, 0) is 44.4 Å². The van der Waals surface area contributed by atoms with Crippen LogP contribution in [0.15, 0.2) is 12.4 Å². The van der Waals surface area contributed by atoms with E-state index >= 15 is 0 Å². The zero-order chi connectivity index (χ0) is 14.4. The first kappa shape index (κ1) is 15.2. The summed E-state index contributed by atoms with van der Waals surface area (Å²) in [6.45, 7) is 3.55. The predicted molar refractivity (Wildman–Crippen MR) is 83.1 cm³/mol. The topological polar surface area (TPSA) is 59.0 Å². The van der Waals surface area contributed by atoms with Gasteiger partial charge in [-0.25, -0.2) is 4.79 Å². The van der Waals surface area contributed by atoms with Gasteiger partial charge in [0.15, 0.2) is 0 Å². The lowest BCUT2D eigenvalue weighted by molar-refractivity contribution is 0.237. The maximum Gasteiger partial charge on any atom is 0.315 e. The molecule has 1 aromatic rings. The monoisotopic (exact) mass is 296 g/mol. The number of aryl methyl sites for hydroxylation is 2. The van der Waals surface area contributed by atoms with E-state index in [1.54, 1.807) is 0 Å². The molecule has 1 heterocycles. The summed E-state index contributed by atoms with van der Waals surface area (Å²) in [5.74, 6) is 0. The molecule has 2 amide bonds. The number of urea groups is 1. The first-order valence-electron chi connectivity index (χ1n) is 7.23. The highest BCUT2D eigenvalue weighted by molar-refractivity contribution is 7.99. The molecule has 0 unspecified atom stereocenters. The fourth-order valence-corrected chi connectivity index (χ4v) is 3.35. The van der Waals surface area contributed by atoms with Crippen molar-refractivity contribution in [3.8, 4) is 0 Å². The molecule has 1 saturated carbocycles. The van der Waals surface area contributed by atoms with Crippen LogP contribution in [0.3, 0.4) is 0 Å². The van der Waals surface area contributed by atoms with Gasteiger partial charge in [0.25, 0.3) is 0 Å². The van der Waals surface area contributed by atoms with Crippen molar-refractivity contribution < 1.29 is 4.79 Å². The van der Waals surface area contributed by atoms with Crippen LogP contribution < -0.4 is 10.6 Å². The Hall–Kier alpha value is -1.17. The van der Waals surface area contributed by atoms with E-state index in [-0.39, 0.29) is 6.03 Å². The highest BCUT2D eigenvalue weighted by atomic mass is 32.2. The van der Waals surface area contributed by atoms with Crippen molar-refractivity contribution in [2.45, 2.75) is 50.4 Å². The quantitative estimate of drug-likeness (QED) is 0.791. The molecule has 2 atom stereocenters. The maximum atomic E-state index is 11.8. The van der Waals surface area contributed by atoms with Crippen molar-refractivity contribution in [2.75, 3.05) is 12.8 Å². The summed E-state index contributed by atoms with van der Waals surface area (Å²) in [5.41, 5.74) is 1.17. The summed E-state index contributed by atoms with van der Waals surface area (Å²) < 4.78 is 1.91. The molecule has 5 nitrogen and oxygen atoms in total. The molecule has 0 saturated heterocycles. The molecule has 0 radical (unpaired) electrons. The smallest absolute Gasteiger partial charge is 0.315 e. The molecule has 2 rings (SSSR count). The lowest BCUT2D eigenvalue weighted by atomic mass is 10.2. The van der Waals surface area contributed by atoms with E-state index < -0.39 is 0 Å². The van der Waals surface area contributed by atoms with E-state index in [4.69, 9.17) is 0 Å². The second-order valence-electron chi connectivity index (χ2n) is 5.40. The maximum absolute atomic E-state index is 11.8. The van der Waals surface area contributed by atoms with Crippen molar-refractivity contribution in [3.05, 3.63) is 18.0 Å². The number of carbonyl (C=O) groups is 1. The van der Waals surface area contributed by atoms with E-state index in [9.17, 15) is 4.79 Å². The first-order chi connectivity index (χ1) is 9.67. The summed E-state index contributed by atoms with van der Waals surface area (Å²) in [4.78, 5) is 11.8. The lowest BCUT2D eigenvalue weighted by Crippen LogP contribution is -2.41. The highest BCUT2D eigenvalue weighted by Gasteiger charge is 2.24. The Bertz CT molecular complexity index is 435. The van der Waals surface area contributed by atoms with Gasteiger partial charge in [-0.3, -0.25) is 4.68 Å². The zero-order valence-corrected chi connectivity index (χ0v) is 13.1. The fraction of sp³-hybridized carbons (Fsp3) is 0.714. The average molecular weight is 296 g/mol. The van der Waals surface area contributed by atoms with Crippen molar-refractivity contribution in [1.29, 1.82) is 0 Å². The Labute approximate surface area is 124 Å². The summed E-state index contributed by atoms with van der Waals surface area (Å²) >= 11 is 1.90. The average Bonchev–Trinajstić information content (AvgIpc) is 3.04. The van der Waals surface area contributed by atoms with Gasteiger partial charge in [-0.15, -0.1) is 0 Å². The van der Waals surface area contributed by atoms with Crippen molar-refractivity contribution in [2.24, 2.45) is 0 Å². The Kier molecular flexibility index (Phi) is 5.76. The minimum atomic E-state index is -0.0339. The number of thioether (sulfide) groups is 1. The zero-order valence-electron chi connectivity index (χ0n) is 12.3. The third kappa shape index (κ3) is 4.74. The molecule has 0 spiro atoms. The van der Waals surface area contributed by atoms with Gasteiger partial charge >= 0.3 is 6.03 Å². The predicted octanol–water partition coefficient (Wildman–Crippen LogP) is 2.16. The van der Waals surface area contributed by atoms with Gasteiger partial charge in [0.05, 0.1) is 6.20 Å². The van der Waals surface area contributed by atoms with Crippen LogP contribution in [-0.4, -0.2) is 39.9 Å². The Balaban J connectivity index is 1.56. The summed E-state index contributed by atoms with van der Waals surface area (Å²) in [5, 5.41) is 10.9. The van der Waals surface area contributed by atoms with E-state index in [1.807, 2.05) is 35.8 Å². The lowest BCUT2D eigenvalue weighted by Gasteiger charge is -2.13. The Morgan fingerprint density at radius 1 is 1.55 bits per heavy atom. The van der Waals surface area contributed by atoms with Gasteiger partial charge < -0.3 is 10.6 Å². The largest absolute Gasteiger partial charge is 0.338 e. The van der Waals surface area contributed by atoms with E-state index in [2.05, 4.69) is 22.0 Å². The second-order valence-corrected chi connectivity index (χ2v) is 6.54. The van der Waals surface area contributed by atoms with Gasteiger partial charge in [-0.2, -0.15) is 16.9 Å². The van der Waals surface area contributed by atoms with Gasteiger partial charge in [-0.1, -0.05) is 0 Å². The number of rotatable bonds is 6. The molecule has 1 aliphatic rings. The number of hydrogen-bond donors (Lipinski definition) is 2. The minimum Gasteiger partial charge on any atom is -0.338 e. The number of nitrogens with one attached hydrogen (secondary N) is 2. The number of carbonyl (C=O) groups excluding carboxylic acids is 1. The number of hydrogen-bond acceptors (Lipinski definition) is 3. The van der Waals surface area contributed by atoms with Crippen LogP contribution in [0.5, 0.6) is 0 Å². The summed E-state index contributed by atoms with van der Waals surface area (Å²) in [6.07, 6.45) is 10.3. The van der Waals surface area contributed by atoms with Crippen LogP contribution in [-0.2, 0) is 6.54 Å². The Morgan fingerprint density at radius 3 is 3.05 bits per heavy atom. The Morgan fingerprint density at radius 2 is 2.40 bits per heavy atom. The number of amides is 2. The molecule has 0 bridgehead atoms. The van der Waals surface area contributed by atoms with Crippen LogP contribution in [0.1, 0.15) is 31.2 Å². The van der Waals surface area contributed by atoms with Crippen molar-refractivity contribution in [1.82, 2.24) is 20.4 Å². The van der Waals surface area contributed by atoms with Crippen LogP contribution in [0.2, 0.25) is 0 Å². The van der Waals surface area contributed by atoms with Crippen LogP contribution in [0.4, 0.5) is 4.79 Å². The molecule has 0 aliphatic heterocycles. The highest BCUT2D eigenvalue weighted by Crippen LogP contribution is 2.27. The number of nitrogens with zero attached hydrogens (tertiary/aromatic N) is 2. The SMILES string of the molecule is CS[C@@H]1CC[C@H](NC(=O)NCCCn2cc(C)cn2)C1. The standard InChI is InChI=1S/C14H24N4OS/c1-11-9-16-18(10-11)7-3-6-15-14(19)17-12-4-5-13(8-12)20-2/h9-10,12-13H,3-8H2,1-2H3,(H2,15,17,19)/t12-,13+/m0/s1. The fourth-order valence-electron chi connectivity index (χ4n) is 2.55. The van der Waals surface area contributed by atoms with Crippen LogP contribution in [0.25, 0.3) is 0 Å². The molecule has 112 valence electrons. The van der Waals surface area contributed by atoms with Crippen molar-refractivity contribution >= 4 is 17.8 Å². The van der Waals surface area contributed by atoms with Gasteiger partial charge in [0, 0.05) is 30.6 Å². The van der Waals surface area contributed by atoms with Gasteiger partial charge in [0.1, 0.15) is 0 Å². The van der Waals surface area contributed by atoms with Crippen LogP contribution >= 0.6 is 11.8 Å². The van der Waals surface area contributed by atoms with E-state index in [0.717, 1.165) is 25.8 Å². The normalized spacial score (nSPS) is 21.9. The third-order valence-corrected chi connectivity index (χ3v) is 4.76. The van der Waals surface area contributed by atoms with E-state index in [1.165, 1.54) is 12.0 Å². The number of aromatic nitrogens is 2. The minimum absolute atomic E-state index is 0.0339. The third-order valence-electron chi connectivity index (χ3n) is 3.66. The van der Waals surface area contributed by atoms with Crippen molar-refractivity contribution in [3.63, 3.8) is 0 Å². The van der Waals surface area contributed by atoms with Crippen LogP contribution in [0, 0.1) is 6.92 Å². The molecular formula is C14H24N4OS.